The lowest BCUT2D eigenvalue weighted by Crippen LogP contribution is -2.13. The average Bonchev–Trinajstić information content (AvgIpc) is 2.24. The molecule has 0 saturated heterocycles. The van der Waals surface area contributed by atoms with E-state index in [-0.39, 0.29) is 11.7 Å². The minimum atomic E-state index is -0.480. The van der Waals surface area contributed by atoms with Crippen molar-refractivity contribution in [2.45, 2.75) is 19.8 Å². The number of carbonyl (C=O) groups is 1. The molecule has 0 spiro atoms. The number of pyridine rings is 1. The summed E-state index contributed by atoms with van der Waals surface area (Å²) in [4.78, 5) is 15.4. The summed E-state index contributed by atoms with van der Waals surface area (Å²) in [6, 6.07) is 1.22. The molecule has 0 radical (unpaired) electrons. The molecule has 0 saturated carbocycles. The first-order valence-corrected chi connectivity index (χ1v) is 5.00. The summed E-state index contributed by atoms with van der Waals surface area (Å²) < 4.78 is 12.8. The van der Waals surface area contributed by atoms with E-state index < -0.39 is 5.82 Å². The predicted molar refractivity (Wildman–Crippen MR) is 56.0 cm³/mol. The molecule has 1 atom stereocenters. The second-order valence-electron chi connectivity index (χ2n) is 3.59. The molecule has 0 aliphatic carbocycles. The molecule has 2 N–H and O–H groups in total. The van der Waals surface area contributed by atoms with Crippen LogP contribution >= 0.6 is 0 Å². The zero-order valence-electron chi connectivity index (χ0n) is 8.74. The third kappa shape index (κ3) is 3.40. The van der Waals surface area contributed by atoms with Gasteiger partial charge in [0.25, 0.3) is 0 Å². The Morgan fingerprint density at radius 2 is 2.33 bits per heavy atom. The second kappa shape index (κ2) is 5.56. The Labute approximate surface area is 88.5 Å². The molecule has 0 amide bonds. The van der Waals surface area contributed by atoms with Crippen LogP contribution in [0.25, 0.3) is 0 Å². The van der Waals surface area contributed by atoms with Crippen molar-refractivity contribution in [1.82, 2.24) is 4.98 Å². The van der Waals surface area contributed by atoms with Crippen molar-refractivity contribution in [3.8, 4) is 0 Å². The van der Waals surface area contributed by atoms with Crippen LogP contribution in [0, 0.1) is 11.7 Å². The number of hydrogen-bond donors (Lipinski definition) is 1. The van der Waals surface area contributed by atoms with E-state index >= 15 is 0 Å². The van der Waals surface area contributed by atoms with Gasteiger partial charge in [0.15, 0.2) is 5.78 Å². The van der Waals surface area contributed by atoms with Crippen LogP contribution in [0.5, 0.6) is 0 Å². The van der Waals surface area contributed by atoms with Gasteiger partial charge in [0.05, 0.1) is 6.20 Å². The third-order valence-electron chi connectivity index (χ3n) is 2.28. The summed E-state index contributed by atoms with van der Waals surface area (Å²) in [7, 11) is 0. The number of halogens is 1. The number of carbonyl (C=O) groups excluding carboxylic acids is 1. The van der Waals surface area contributed by atoms with Crippen LogP contribution in [0.15, 0.2) is 18.5 Å². The van der Waals surface area contributed by atoms with Crippen LogP contribution in [-0.2, 0) is 0 Å². The standard InChI is InChI=1S/C11H15FN2O/c1-8(3-2-4-13)11(15)9-5-10(12)7-14-6-9/h5-8H,2-4,13H2,1H3. The van der Waals surface area contributed by atoms with E-state index in [2.05, 4.69) is 4.98 Å². The Morgan fingerprint density at radius 1 is 1.60 bits per heavy atom. The summed E-state index contributed by atoms with van der Waals surface area (Å²) in [6.45, 7) is 2.39. The van der Waals surface area contributed by atoms with Crippen molar-refractivity contribution >= 4 is 5.78 Å². The van der Waals surface area contributed by atoms with Gasteiger partial charge < -0.3 is 5.73 Å². The van der Waals surface area contributed by atoms with Gasteiger partial charge in [-0.05, 0) is 25.5 Å². The fraction of sp³-hybridized carbons (Fsp3) is 0.455. The molecule has 3 nitrogen and oxygen atoms in total. The minimum Gasteiger partial charge on any atom is -0.330 e. The van der Waals surface area contributed by atoms with Crippen molar-refractivity contribution in [1.29, 1.82) is 0 Å². The van der Waals surface area contributed by atoms with Gasteiger partial charge in [0.1, 0.15) is 5.82 Å². The van der Waals surface area contributed by atoms with E-state index in [4.69, 9.17) is 5.73 Å². The summed E-state index contributed by atoms with van der Waals surface area (Å²) in [5.41, 5.74) is 5.69. The Morgan fingerprint density at radius 3 is 2.93 bits per heavy atom. The molecular weight excluding hydrogens is 195 g/mol. The molecule has 0 aromatic carbocycles. The number of rotatable bonds is 5. The molecule has 4 heteroatoms. The second-order valence-corrected chi connectivity index (χ2v) is 3.59. The maximum absolute atomic E-state index is 12.8. The fourth-order valence-corrected chi connectivity index (χ4v) is 1.39. The van der Waals surface area contributed by atoms with Crippen molar-refractivity contribution in [2.75, 3.05) is 6.54 Å². The first-order chi connectivity index (χ1) is 7.15. The highest BCUT2D eigenvalue weighted by Gasteiger charge is 2.15. The first-order valence-electron chi connectivity index (χ1n) is 5.00. The molecule has 0 bridgehead atoms. The Kier molecular flexibility index (Phi) is 4.37. The molecule has 0 fully saturated rings. The number of aromatic nitrogens is 1. The predicted octanol–water partition coefficient (Wildman–Crippen LogP) is 1.78. The van der Waals surface area contributed by atoms with Crippen molar-refractivity contribution in [2.24, 2.45) is 11.7 Å². The lowest BCUT2D eigenvalue weighted by atomic mass is 9.96. The number of nitrogens with zero attached hydrogens (tertiary/aromatic N) is 1. The number of ketones is 1. The first kappa shape index (κ1) is 11.8. The topological polar surface area (TPSA) is 56.0 Å². The normalized spacial score (nSPS) is 12.5. The van der Waals surface area contributed by atoms with Crippen LogP contribution in [0.2, 0.25) is 0 Å². The Balaban J connectivity index is 2.67. The van der Waals surface area contributed by atoms with E-state index in [0.29, 0.717) is 12.1 Å². The van der Waals surface area contributed by atoms with Gasteiger partial charge in [0, 0.05) is 17.7 Å². The van der Waals surface area contributed by atoms with Gasteiger partial charge in [0.2, 0.25) is 0 Å². The van der Waals surface area contributed by atoms with Crippen LogP contribution in [0.1, 0.15) is 30.1 Å². The quantitative estimate of drug-likeness (QED) is 0.753. The minimum absolute atomic E-state index is 0.0737. The Hall–Kier alpha value is -1.29. The van der Waals surface area contributed by atoms with Gasteiger partial charge in [-0.1, -0.05) is 6.92 Å². The van der Waals surface area contributed by atoms with E-state index in [1.54, 1.807) is 0 Å². The van der Waals surface area contributed by atoms with Crippen molar-refractivity contribution in [3.63, 3.8) is 0 Å². The van der Waals surface area contributed by atoms with Crippen LogP contribution in [0.4, 0.5) is 4.39 Å². The summed E-state index contributed by atoms with van der Waals surface area (Å²) in [5.74, 6) is -0.681. The van der Waals surface area contributed by atoms with Crippen LogP contribution < -0.4 is 5.73 Å². The largest absolute Gasteiger partial charge is 0.330 e. The average molecular weight is 210 g/mol. The zero-order chi connectivity index (χ0) is 11.3. The highest BCUT2D eigenvalue weighted by Crippen LogP contribution is 2.13. The molecular formula is C11H15FN2O. The van der Waals surface area contributed by atoms with E-state index in [9.17, 15) is 9.18 Å². The van der Waals surface area contributed by atoms with Gasteiger partial charge in [-0.3, -0.25) is 9.78 Å². The molecule has 82 valence electrons. The van der Waals surface area contributed by atoms with E-state index in [1.165, 1.54) is 12.3 Å². The molecule has 15 heavy (non-hydrogen) atoms. The molecule has 0 aliphatic rings. The van der Waals surface area contributed by atoms with Crippen molar-refractivity contribution < 1.29 is 9.18 Å². The van der Waals surface area contributed by atoms with Crippen LogP contribution in [0.3, 0.4) is 0 Å². The van der Waals surface area contributed by atoms with Gasteiger partial charge >= 0.3 is 0 Å². The summed E-state index contributed by atoms with van der Waals surface area (Å²) >= 11 is 0. The summed E-state index contributed by atoms with van der Waals surface area (Å²) in [6.07, 6.45) is 4.01. The zero-order valence-corrected chi connectivity index (χ0v) is 8.74. The smallest absolute Gasteiger partial charge is 0.167 e. The molecule has 1 unspecified atom stereocenters. The lowest BCUT2D eigenvalue weighted by molar-refractivity contribution is 0.0922. The third-order valence-corrected chi connectivity index (χ3v) is 2.28. The summed E-state index contributed by atoms with van der Waals surface area (Å²) in [5, 5.41) is 0. The highest BCUT2D eigenvalue weighted by atomic mass is 19.1. The molecule has 1 rings (SSSR count). The van der Waals surface area contributed by atoms with Crippen LogP contribution in [-0.4, -0.2) is 17.3 Å². The van der Waals surface area contributed by atoms with Crippen molar-refractivity contribution in [3.05, 3.63) is 29.8 Å². The fourth-order valence-electron chi connectivity index (χ4n) is 1.39. The molecule has 0 aliphatic heterocycles. The van der Waals surface area contributed by atoms with Gasteiger partial charge in [-0.2, -0.15) is 0 Å². The number of Topliss-reactive ketones (excluding diaryl/α,β-unsaturated/α-hetero) is 1. The molecule has 1 aromatic heterocycles. The Bertz CT molecular complexity index is 341. The highest BCUT2D eigenvalue weighted by molar-refractivity contribution is 5.97. The maximum atomic E-state index is 12.8. The van der Waals surface area contributed by atoms with E-state index in [0.717, 1.165) is 19.0 Å². The molecule has 1 heterocycles. The van der Waals surface area contributed by atoms with Gasteiger partial charge in [-0.25, -0.2) is 4.39 Å². The monoisotopic (exact) mass is 210 g/mol. The SMILES string of the molecule is CC(CCCN)C(=O)c1cncc(F)c1. The number of hydrogen-bond acceptors (Lipinski definition) is 3. The molecule has 1 aromatic rings. The maximum Gasteiger partial charge on any atom is 0.167 e. The van der Waals surface area contributed by atoms with E-state index in [1.807, 2.05) is 6.92 Å². The lowest BCUT2D eigenvalue weighted by Gasteiger charge is -2.08. The number of nitrogens with two attached hydrogens (primary N) is 1. The van der Waals surface area contributed by atoms with Gasteiger partial charge in [-0.15, -0.1) is 0 Å².